The number of quaternary nitrogens is 1. The molecule has 5 heteroatoms. The largest absolute Gasteiger partial charge is 0.493 e. The van der Waals surface area contributed by atoms with Gasteiger partial charge in [0.1, 0.15) is 6.54 Å². The predicted octanol–water partition coefficient (Wildman–Crippen LogP) is 1.73. The third kappa shape index (κ3) is 3.85. The molecule has 0 bridgehead atoms. The molecule has 0 atom stereocenters. The molecule has 1 aliphatic heterocycles. The summed E-state index contributed by atoms with van der Waals surface area (Å²) >= 11 is 0. The molecule has 4 rings (SSSR count). The number of carbonyl (C=O) groups is 1. The molecule has 0 aromatic heterocycles. The summed E-state index contributed by atoms with van der Waals surface area (Å²) in [5.41, 5.74) is 4.86. The van der Waals surface area contributed by atoms with Crippen molar-refractivity contribution in [1.29, 1.82) is 0 Å². The highest BCUT2D eigenvalue weighted by Crippen LogP contribution is 2.27. The Kier molecular flexibility index (Phi) is 5.53. The number of fused-ring (bicyclic) bond motifs is 1. The fourth-order valence-electron chi connectivity index (χ4n) is 4.37. The second kappa shape index (κ2) is 8.23. The third-order valence-corrected chi connectivity index (χ3v) is 6.01. The fourth-order valence-corrected chi connectivity index (χ4v) is 4.37. The molecule has 0 spiro atoms. The zero-order valence-electron chi connectivity index (χ0n) is 16.8. The zero-order chi connectivity index (χ0) is 19.5. The first-order chi connectivity index (χ1) is 13.7. The fraction of sp³-hybridized carbons (Fsp3) is 0.435. The molecule has 148 valence electrons. The van der Waals surface area contributed by atoms with E-state index < -0.39 is 0 Å². The number of methoxy groups -OCH3 is 2. The molecular weight excluding hydrogens is 352 g/mol. The van der Waals surface area contributed by atoms with E-state index in [2.05, 4.69) is 18.2 Å². The quantitative estimate of drug-likeness (QED) is 0.858. The third-order valence-electron chi connectivity index (χ3n) is 6.01. The van der Waals surface area contributed by atoms with Gasteiger partial charge in [-0.05, 0) is 60.7 Å². The lowest BCUT2D eigenvalue weighted by Gasteiger charge is -2.32. The number of benzene rings is 2. The normalized spacial score (nSPS) is 16.7. The molecule has 1 N–H and O–H groups in total. The van der Waals surface area contributed by atoms with Crippen molar-refractivity contribution in [3.05, 3.63) is 58.7 Å². The summed E-state index contributed by atoms with van der Waals surface area (Å²) in [4.78, 5) is 16.4. The summed E-state index contributed by atoms with van der Waals surface area (Å²) in [6.07, 6.45) is 3.48. The Morgan fingerprint density at radius 3 is 2.46 bits per heavy atom. The topological polar surface area (TPSA) is 43.2 Å². The number of carbonyl (C=O) groups excluding carboxylic acids is 1. The van der Waals surface area contributed by atoms with Gasteiger partial charge in [-0.3, -0.25) is 4.79 Å². The Morgan fingerprint density at radius 2 is 1.71 bits per heavy atom. The van der Waals surface area contributed by atoms with E-state index in [4.69, 9.17) is 9.47 Å². The number of ether oxygens (including phenoxy) is 2. The number of piperazine rings is 1. The molecule has 28 heavy (non-hydrogen) atoms. The van der Waals surface area contributed by atoms with E-state index in [0.717, 1.165) is 62.6 Å². The van der Waals surface area contributed by atoms with Crippen molar-refractivity contribution in [2.24, 2.45) is 0 Å². The van der Waals surface area contributed by atoms with Gasteiger partial charge >= 0.3 is 0 Å². The lowest BCUT2D eigenvalue weighted by atomic mass is 10.1. The van der Waals surface area contributed by atoms with Gasteiger partial charge in [0.15, 0.2) is 11.5 Å². The molecule has 2 aromatic rings. The van der Waals surface area contributed by atoms with Crippen LogP contribution in [-0.2, 0) is 19.4 Å². The van der Waals surface area contributed by atoms with E-state index >= 15 is 0 Å². The number of nitrogens with one attached hydrogen (secondary N) is 1. The Bertz CT molecular complexity index is 857. The van der Waals surface area contributed by atoms with E-state index in [1.807, 2.05) is 23.1 Å². The molecule has 5 nitrogen and oxygen atoms in total. The SMILES string of the molecule is COc1ccc(C[NH+]2CCN(C(=O)c3ccc4c(c3)CCC4)CC2)cc1OC. The van der Waals surface area contributed by atoms with Crippen LogP contribution in [0.2, 0.25) is 0 Å². The Morgan fingerprint density at radius 1 is 0.964 bits per heavy atom. The summed E-state index contributed by atoms with van der Waals surface area (Å²) in [5, 5.41) is 0. The highest BCUT2D eigenvalue weighted by atomic mass is 16.5. The Balaban J connectivity index is 1.35. The first-order valence-electron chi connectivity index (χ1n) is 10.1. The molecule has 0 unspecified atom stereocenters. The molecule has 1 fully saturated rings. The van der Waals surface area contributed by atoms with Crippen LogP contribution < -0.4 is 14.4 Å². The van der Waals surface area contributed by atoms with E-state index in [9.17, 15) is 4.79 Å². The van der Waals surface area contributed by atoms with Crippen LogP contribution in [0, 0.1) is 0 Å². The van der Waals surface area contributed by atoms with Gasteiger partial charge in [-0.25, -0.2) is 0 Å². The van der Waals surface area contributed by atoms with Crippen LogP contribution in [0.4, 0.5) is 0 Å². The first kappa shape index (κ1) is 18.8. The Hall–Kier alpha value is -2.53. The predicted molar refractivity (Wildman–Crippen MR) is 108 cm³/mol. The van der Waals surface area contributed by atoms with Crippen LogP contribution in [0.25, 0.3) is 0 Å². The zero-order valence-corrected chi connectivity index (χ0v) is 16.8. The maximum Gasteiger partial charge on any atom is 0.254 e. The molecular formula is C23H29N2O3+. The van der Waals surface area contributed by atoms with Crippen molar-refractivity contribution >= 4 is 5.91 Å². The summed E-state index contributed by atoms with van der Waals surface area (Å²) in [5.74, 6) is 1.70. The lowest BCUT2D eigenvalue weighted by Crippen LogP contribution is -3.13. The molecule has 0 radical (unpaired) electrons. The number of amides is 1. The van der Waals surface area contributed by atoms with Crippen molar-refractivity contribution < 1.29 is 19.2 Å². The molecule has 1 aliphatic carbocycles. The average Bonchev–Trinajstić information content (AvgIpc) is 3.21. The standard InChI is InChI=1S/C23H28N2O3/c1-27-21-9-6-17(14-22(21)28-2)16-24-10-12-25(13-11-24)23(26)20-8-7-18-4-3-5-19(18)15-20/h6-9,14-15H,3-5,10-13,16H2,1-2H3/p+1. The summed E-state index contributed by atoms with van der Waals surface area (Å²) in [6.45, 7) is 4.47. The van der Waals surface area contributed by atoms with E-state index in [-0.39, 0.29) is 5.91 Å². The van der Waals surface area contributed by atoms with Crippen LogP contribution in [0.3, 0.4) is 0 Å². The first-order valence-corrected chi connectivity index (χ1v) is 10.1. The second-order valence-electron chi connectivity index (χ2n) is 7.75. The van der Waals surface area contributed by atoms with Gasteiger partial charge in [0.25, 0.3) is 5.91 Å². The van der Waals surface area contributed by atoms with Gasteiger partial charge in [-0.2, -0.15) is 0 Å². The summed E-state index contributed by atoms with van der Waals surface area (Å²) in [6, 6.07) is 12.4. The number of hydrogen-bond acceptors (Lipinski definition) is 3. The summed E-state index contributed by atoms with van der Waals surface area (Å²) < 4.78 is 10.7. The van der Waals surface area contributed by atoms with Gasteiger partial charge in [0.05, 0.1) is 40.4 Å². The van der Waals surface area contributed by atoms with Crippen molar-refractivity contribution in [1.82, 2.24) is 4.90 Å². The van der Waals surface area contributed by atoms with Gasteiger partial charge in [-0.15, -0.1) is 0 Å². The van der Waals surface area contributed by atoms with Crippen LogP contribution in [0.5, 0.6) is 11.5 Å². The van der Waals surface area contributed by atoms with E-state index in [1.165, 1.54) is 28.0 Å². The van der Waals surface area contributed by atoms with Crippen molar-refractivity contribution in [3.63, 3.8) is 0 Å². The number of nitrogens with zero attached hydrogens (tertiary/aromatic N) is 1. The minimum absolute atomic E-state index is 0.180. The minimum Gasteiger partial charge on any atom is -0.493 e. The summed E-state index contributed by atoms with van der Waals surface area (Å²) in [7, 11) is 3.32. The molecule has 1 saturated heterocycles. The number of aryl methyl sites for hydroxylation is 2. The van der Waals surface area contributed by atoms with Crippen molar-refractivity contribution in [2.75, 3.05) is 40.4 Å². The van der Waals surface area contributed by atoms with E-state index in [1.54, 1.807) is 14.2 Å². The second-order valence-corrected chi connectivity index (χ2v) is 7.75. The smallest absolute Gasteiger partial charge is 0.254 e. The van der Waals surface area contributed by atoms with Crippen LogP contribution >= 0.6 is 0 Å². The van der Waals surface area contributed by atoms with Gasteiger partial charge in [-0.1, -0.05) is 6.07 Å². The highest BCUT2D eigenvalue weighted by molar-refractivity contribution is 5.94. The minimum atomic E-state index is 0.180. The Labute approximate surface area is 166 Å². The maximum atomic E-state index is 12.9. The molecule has 0 saturated carbocycles. The number of hydrogen-bond donors (Lipinski definition) is 1. The van der Waals surface area contributed by atoms with Gasteiger partial charge in [0, 0.05) is 11.1 Å². The van der Waals surface area contributed by atoms with Crippen LogP contribution in [-0.4, -0.2) is 51.2 Å². The average molecular weight is 381 g/mol. The van der Waals surface area contributed by atoms with Crippen LogP contribution in [0.15, 0.2) is 36.4 Å². The number of rotatable bonds is 5. The van der Waals surface area contributed by atoms with Gasteiger partial charge < -0.3 is 19.3 Å². The molecule has 1 amide bonds. The highest BCUT2D eigenvalue weighted by Gasteiger charge is 2.25. The van der Waals surface area contributed by atoms with Crippen LogP contribution in [0.1, 0.15) is 33.5 Å². The maximum absolute atomic E-state index is 12.9. The van der Waals surface area contributed by atoms with Crippen molar-refractivity contribution in [3.8, 4) is 11.5 Å². The lowest BCUT2D eigenvalue weighted by molar-refractivity contribution is -0.917. The molecule has 2 aromatic carbocycles. The monoisotopic (exact) mass is 381 g/mol. The van der Waals surface area contributed by atoms with E-state index in [0.29, 0.717) is 0 Å². The van der Waals surface area contributed by atoms with Gasteiger partial charge in [0.2, 0.25) is 0 Å². The van der Waals surface area contributed by atoms with Crippen molar-refractivity contribution in [2.45, 2.75) is 25.8 Å². The molecule has 2 aliphatic rings. The molecule has 1 heterocycles.